The molecule has 0 fully saturated rings. The molecule has 0 bridgehead atoms. The molecular formula is C9H15N3. The summed E-state index contributed by atoms with van der Waals surface area (Å²) in [7, 11) is 4.01. The van der Waals surface area contributed by atoms with Gasteiger partial charge in [0.1, 0.15) is 0 Å². The van der Waals surface area contributed by atoms with Gasteiger partial charge in [-0.1, -0.05) is 0 Å². The zero-order valence-electron chi connectivity index (χ0n) is 7.67. The van der Waals surface area contributed by atoms with Gasteiger partial charge in [0.25, 0.3) is 0 Å². The largest absolute Gasteiger partial charge is 0.313 e. The second-order valence-electron chi connectivity index (χ2n) is 3.44. The van der Waals surface area contributed by atoms with Crippen LogP contribution in [-0.4, -0.2) is 16.8 Å². The van der Waals surface area contributed by atoms with Crippen molar-refractivity contribution in [2.45, 2.75) is 25.3 Å². The summed E-state index contributed by atoms with van der Waals surface area (Å²) < 4.78 is 1.92. The highest BCUT2D eigenvalue weighted by Crippen LogP contribution is 2.27. The number of hydrogen-bond acceptors (Lipinski definition) is 2. The van der Waals surface area contributed by atoms with E-state index in [2.05, 4.69) is 16.6 Å². The van der Waals surface area contributed by atoms with Crippen LogP contribution in [0.3, 0.4) is 0 Å². The fraction of sp³-hybridized carbons (Fsp3) is 0.667. The Hall–Kier alpha value is -0.830. The van der Waals surface area contributed by atoms with Gasteiger partial charge in [0, 0.05) is 24.8 Å². The third-order valence-electron chi connectivity index (χ3n) is 2.57. The highest BCUT2D eigenvalue weighted by molar-refractivity contribution is 5.23. The summed E-state index contributed by atoms with van der Waals surface area (Å²) in [5, 5.41) is 7.75. The number of hydrogen-bond donors (Lipinski definition) is 1. The molecule has 1 aliphatic carbocycles. The standard InChI is InChI=1S/C9H15N3/c1-10-8-4-3-5-9-7(8)6-12(2)11-9/h6,8,10H,3-5H2,1-2H3. The van der Waals surface area contributed by atoms with E-state index in [0.29, 0.717) is 6.04 Å². The van der Waals surface area contributed by atoms with E-state index in [1.165, 1.54) is 24.1 Å². The van der Waals surface area contributed by atoms with Crippen molar-refractivity contribution in [3.8, 4) is 0 Å². The van der Waals surface area contributed by atoms with Gasteiger partial charge < -0.3 is 5.32 Å². The van der Waals surface area contributed by atoms with Crippen LogP contribution in [0.25, 0.3) is 0 Å². The lowest BCUT2D eigenvalue weighted by Crippen LogP contribution is -2.20. The fourth-order valence-electron chi connectivity index (χ4n) is 1.97. The molecule has 1 heterocycles. The Kier molecular flexibility index (Phi) is 1.89. The molecule has 1 aromatic rings. The van der Waals surface area contributed by atoms with Crippen LogP contribution in [0.2, 0.25) is 0 Å². The van der Waals surface area contributed by atoms with Crippen LogP contribution >= 0.6 is 0 Å². The summed E-state index contributed by atoms with van der Waals surface area (Å²) in [6, 6.07) is 0.530. The Morgan fingerprint density at radius 2 is 2.50 bits per heavy atom. The molecule has 1 N–H and O–H groups in total. The van der Waals surface area contributed by atoms with Gasteiger partial charge >= 0.3 is 0 Å². The van der Waals surface area contributed by atoms with Crippen molar-refractivity contribution in [2.75, 3.05) is 7.05 Å². The molecule has 1 atom stereocenters. The minimum absolute atomic E-state index is 0.530. The predicted molar refractivity (Wildman–Crippen MR) is 47.9 cm³/mol. The van der Waals surface area contributed by atoms with Gasteiger partial charge in [0.2, 0.25) is 0 Å². The van der Waals surface area contributed by atoms with Crippen LogP contribution in [0.5, 0.6) is 0 Å². The SMILES string of the molecule is CNC1CCCc2nn(C)cc21. The molecule has 66 valence electrons. The fourth-order valence-corrected chi connectivity index (χ4v) is 1.97. The molecule has 0 saturated carbocycles. The van der Waals surface area contributed by atoms with Crippen LogP contribution in [0.1, 0.15) is 30.1 Å². The first kappa shape index (κ1) is 7.80. The lowest BCUT2D eigenvalue weighted by Gasteiger charge is -2.20. The van der Waals surface area contributed by atoms with Gasteiger partial charge in [0.15, 0.2) is 0 Å². The Bertz CT molecular complexity index is 277. The molecular weight excluding hydrogens is 150 g/mol. The Balaban J connectivity index is 2.36. The summed E-state index contributed by atoms with van der Waals surface area (Å²) >= 11 is 0. The van der Waals surface area contributed by atoms with Gasteiger partial charge in [-0.2, -0.15) is 5.10 Å². The van der Waals surface area contributed by atoms with E-state index in [-0.39, 0.29) is 0 Å². The molecule has 0 amide bonds. The Morgan fingerprint density at radius 1 is 1.67 bits per heavy atom. The average molecular weight is 165 g/mol. The van der Waals surface area contributed by atoms with Gasteiger partial charge in [-0.3, -0.25) is 4.68 Å². The van der Waals surface area contributed by atoms with Crippen molar-refractivity contribution in [1.29, 1.82) is 0 Å². The van der Waals surface area contributed by atoms with Gasteiger partial charge in [-0.15, -0.1) is 0 Å². The first-order valence-corrected chi connectivity index (χ1v) is 4.51. The molecule has 1 aromatic heterocycles. The maximum Gasteiger partial charge on any atom is 0.0672 e. The molecule has 0 aromatic carbocycles. The second kappa shape index (κ2) is 2.90. The van der Waals surface area contributed by atoms with Gasteiger partial charge in [-0.05, 0) is 26.3 Å². The zero-order valence-corrected chi connectivity index (χ0v) is 7.67. The molecule has 0 aliphatic heterocycles. The lowest BCUT2D eigenvalue weighted by atomic mass is 9.93. The minimum Gasteiger partial charge on any atom is -0.313 e. The zero-order chi connectivity index (χ0) is 8.55. The van der Waals surface area contributed by atoms with E-state index in [0.717, 1.165) is 6.42 Å². The maximum atomic E-state index is 4.43. The lowest BCUT2D eigenvalue weighted by molar-refractivity contribution is 0.494. The normalized spacial score (nSPS) is 22.3. The molecule has 1 aliphatic rings. The molecule has 0 radical (unpaired) electrons. The number of aromatic nitrogens is 2. The van der Waals surface area contributed by atoms with Gasteiger partial charge in [0.05, 0.1) is 5.69 Å². The molecule has 2 rings (SSSR count). The summed E-state index contributed by atoms with van der Waals surface area (Å²) in [5.41, 5.74) is 2.68. The third kappa shape index (κ3) is 1.14. The molecule has 12 heavy (non-hydrogen) atoms. The van der Waals surface area contributed by atoms with Crippen molar-refractivity contribution in [1.82, 2.24) is 15.1 Å². The molecule has 3 heteroatoms. The van der Waals surface area contributed by atoms with E-state index < -0.39 is 0 Å². The molecule has 1 unspecified atom stereocenters. The van der Waals surface area contributed by atoms with Crippen molar-refractivity contribution < 1.29 is 0 Å². The maximum absolute atomic E-state index is 4.43. The monoisotopic (exact) mass is 165 g/mol. The summed E-state index contributed by atoms with van der Waals surface area (Å²) in [6.07, 6.45) is 5.79. The van der Waals surface area contributed by atoms with Crippen molar-refractivity contribution >= 4 is 0 Å². The second-order valence-corrected chi connectivity index (χ2v) is 3.44. The quantitative estimate of drug-likeness (QED) is 0.673. The number of nitrogens with zero attached hydrogens (tertiary/aromatic N) is 2. The van der Waals surface area contributed by atoms with E-state index in [1.807, 2.05) is 18.8 Å². The number of fused-ring (bicyclic) bond motifs is 1. The van der Waals surface area contributed by atoms with E-state index >= 15 is 0 Å². The van der Waals surface area contributed by atoms with Crippen LogP contribution in [-0.2, 0) is 13.5 Å². The number of nitrogens with one attached hydrogen (secondary N) is 1. The average Bonchev–Trinajstić information content (AvgIpc) is 2.44. The third-order valence-corrected chi connectivity index (χ3v) is 2.57. The number of rotatable bonds is 1. The number of aryl methyl sites for hydroxylation is 2. The summed E-state index contributed by atoms with van der Waals surface area (Å²) in [6.45, 7) is 0. The predicted octanol–water partition coefficient (Wildman–Crippen LogP) is 1.02. The van der Waals surface area contributed by atoms with Crippen LogP contribution in [0.4, 0.5) is 0 Å². The smallest absolute Gasteiger partial charge is 0.0672 e. The van der Waals surface area contributed by atoms with Crippen molar-refractivity contribution in [2.24, 2.45) is 7.05 Å². The topological polar surface area (TPSA) is 29.9 Å². The highest BCUT2D eigenvalue weighted by atomic mass is 15.3. The minimum atomic E-state index is 0.530. The van der Waals surface area contributed by atoms with Gasteiger partial charge in [-0.25, -0.2) is 0 Å². The van der Waals surface area contributed by atoms with E-state index in [9.17, 15) is 0 Å². The van der Waals surface area contributed by atoms with Crippen molar-refractivity contribution in [3.05, 3.63) is 17.5 Å². The van der Waals surface area contributed by atoms with E-state index in [1.54, 1.807) is 0 Å². The Labute approximate surface area is 72.8 Å². The summed E-state index contributed by atoms with van der Waals surface area (Å²) in [4.78, 5) is 0. The van der Waals surface area contributed by atoms with E-state index in [4.69, 9.17) is 0 Å². The molecule has 0 saturated heterocycles. The first-order chi connectivity index (χ1) is 5.81. The Morgan fingerprint density at radius 3 is 3.25 bits per heavy atom. The van der Waals surface area contributed by atoms with Crippen LogP contribution in [0.15, 0.2) is 6.20 Å². The molecule has 3 nitrogen and oxygen atoms in total. The van der Waals surface area contributed by atoms with Crippen LogP contribution in [0, 0.1) is 0 Å². The first-order valence-electron chi connectivity index (χ1n) is 4.51. The highest BCUT2D eigenvalue weighted by Gasteiger charge is 2.20. The van der Waals surface area contributed by atoms with Crippen LogP contribution < -0.4 is 5.32 Å². The summed E-state index contributed by atoms with van der Waals surface area (Å²) in [5.74, 6) is 0. The molecule has 0 spiro atoms. The van der Waals surface area contributed by atoms with Crippen molar-refractivity contribution in [3.63, 3.8) is 0 Å².